The highest BCUT2D eigenvalue weighted by atomic mass is 19.4. The second-order valence-corrected chi connectivity index (χ2v) is 6.03. The Labute approximate surface area is 156 Å². The van der Waals surface area contributed by atoms with E-state index < -0.39 is 11.7 Å². The molecule has 28 heavy (non-hydrogen) atoms. The first kappa shape index (κ1) is 18.0. The van der Waals surface area contributed by atoms with Gasteiger partial charge in [-0.2, -0.15) is 13.2 Å². The van der Waals surface area contributed by atoms with Crippen LogP contribution in [0.25, 0.3) is 28.4 Å². The van der Waals surface area contributed by atoms with Crippen molar-refractivity contribution in [2.75, 3.05) is 7.11 Å². The molecule has 0 N–H and O–H groups in total. The Morgan fingerprint density at radius 1 is 1.07 bits per heavy atom. The van der Waals surface area contributed by atoms with Crippen molar-refractivity contribution in [3.63, 3.8) is 0 Å². The Kier molecular flexibility index (Phi) is 4.06. The summed E-state index contributed by atoms with van der Waals surface area (Å²) in [6.45, 7) is 3.39. The first-order valence-electron chi connectivity index (χ1n) is 8.18. The summed E-state index contributed by atoms with van der Waals surface area (Å²) in [5.41, 5.74) is 0.415. The predicted molar refractivity (Wildman–Crippen MR) is 93.2 cm³/mol. The van der Waals surface area contributed by atoms with Crippen molar-refractivity contribution in [1.29, 1.82) is 0 Å². The summed E-state index contributed by atoms with van der Waals surface area (Å²) in [4.78, 5) is 16.9. The SMILES string of the molecule is COc1ccc(-n2c(-c3nc(C)oc3C)nc3cc(C(F)(F)F)cnc32)cn1. The summed E-state index contributed by atoms with van der Waals surface area (Å²) < 4.78 is 51.4. The van der Waals surface area contributed by atoms with Gasteiger partial charge in [-0.3, -0.25) is 4.57 Å². The summed E-state index contributed by atoms with van der Waals surface area (Å²) >= 11 is 0. The lowest BCUT2D eigenvalue weighted by molar-refractivity contribution is -0.137. The van der Waals surface area contributed by atoms with Gasteiger partial charge in [-0.1, -0.05) is 0 Å². The van der Waals surface area contributed by atoms with Gasteiger partial charge in [0.1, 0.15) is 17.0 Å². The van der Waals surface area contributed by atoms with Crippen LogP contribution in [0.2, 0.25) is 0 Å². The van der Waals surface area contributed by atoms with Crippen molar-refractivity contribution in [2.24, 2.45) is 0 Å². The maximum Gasteiger partial charge on any atom is 0.417 e. The summed E-state index contributed by atoms with van der Waals surface area (Å²) in [5, 5.41) is 0. The minimum Gasteiger partial charge on any atom is -0.481 e. The Morgan fingerprint density at radius 3 is 2.43 bits per heavy atom. The fourth-order valence-corrected chi connectivity index (χ4v) is 2.89. The number of imidazole rings is 1. The number of oxazole rings is 1. The molecule has 0 spiro atoms. The molecule has 0 radical (unpaired) electrons. The summed E-state index contributed by atoms with van der Waals surface area (Å²) in [6.07, 6.45) is -2.22. The van der Waals surface area contributed by atoms with Gasteiger partial charge < -0.3 is 9.15 Å². The Hall–Kier alpha value is -3.43. The number of aryl methyl sites for hydroxylation is 2. The van der Waals surface area contributed by atoms with E-state index in [4.69, 9.17) is 9.15 Å². The standard InChI is InChI=1S/C18H14F3N5O2/c1-9-15(24-10(2)28-9)17-25-13-6-11(18(19,20)21)7-23-16(13)26(17)12-4-5-14(27-3)22-8-12/h4-8H,1-3H3. The molecular formula is C18H14F3N5O2. The van der Waals surface area contributed by atoms with E-state index in [0.29, 0.717) is 34.7 Å². The molecule has 0 unspecified atom stereocenters. The summed E-state index contributed by atoms with van der Waals surface area (Å²) in [6, 6.07) is 4.30. The number of pyridine rings is 2. The highest BCUT2D eigenvalue weighted by Gasteiger charge is 2.32. The minimum atomic E-state index is -4.52. The zero-order valence-corrected chi connectivity index (χ0v) is 15.1. The van der Waals surface area contributed by atoms with E-state index in [-0.39, 0.29) is 11.2 Å². The van der Waals surface area contributed by atoms with Gasteiger partial charge in [0.15, 0.2) is 17.4 Å². The zero-order valence-electron chi connectivity index (χ0n) is 15.1. The van der Waals surface area contributed by atoms with Crippen LogP contribution in [0.15, 0.2) is 35.0 Å². The number of aromatic nitrogens is 5. The van der Waals surface area contributed by atoms with Crippen molar-refractivity contribution in [1.82, 2.24) is 24.5 Å². The van der Waals surface area contributed by atoms with E-state index in [2.05, 4.69) is 19.9 Å². The number of alkyl halides is 3. The van der Waals surface area contributed by atoms with E-state index in [0.717, 1.165) is 12.3 Å². The Balaban J connectivity index is 2.01. The van der Waals surface area contributed by atoms with Crippen LogP contribution >= 0.6 is 0 Å². The molecule has 4 aromatic rings. The van der Waals surface area contributed by atoms with Gasteiger partial charge in [0, 0.05) is 19.2 Å². The third-order valence-corrected chi connectivity index (χ3v) is 4.13. The quantitative estimate of drug-likeness (QED) is 0.525. The third kappa shape index (κ3) is 2.96. The van der Waals surface area contributed by atoms with Gasteiger partial charge in [-0.15, -0.1) is 0 Å². The molecule has 4 heterocycles. The third-order valence-electron chi connectivity index (χ3n) is 4.13. The van der Waals surface area contributed by atoms with E-state index >= 15 is 0 Å². The summed E-state index contributed by atoms with van der Waals surface area (Å²) in [5.74, 6) is 1.62. The maximum absolute atomic E-state index is 13.1. The largest absolute Gasteiger partial charge is 0.481 e. The smallest absolute Gasteiger partial charge is 0.417 e. The minimum absolute atomic E-state index is 0.0840. The number of methoxy groups -OCH3 is 1. The molecular weight excluding hydrogens is 375 g/mol. The highest BCUT2D eigenvalue weighted by molar-refractivity contribution is 5.80. The number of nitrogens with zero attached hydrogens (tertiary/aromatic N) is 5. The molecule has 0 amide bonds. The molecule has 4 aromatic heterocycles. The molecule has 0 fully saturated rings. The maximum atomic E-state index is 13.1. The number of rotatable bonds is 3. The molecule has 0 aliphatic rings. The molecule has 0 atom stereocenters. The van der Waals surface area contributed by atoms with E-state index in [1.165, 1.54) is 13.3 Å². The van der Waals surface area contributed by atoms with Crippen LogP contribution in [0.4, 0.5) is 13.2 Å². The molecule has 7 nitrogen and oxygen atoms in total. The highest BCUT2D eigenvalue weighted by Crippen LogP contribution is 2.33. The van der Waals surface area contributed by atoms with Crippen LogP contribution in [0.1, 0.15) is 17.2 Å². The fourth-order valence-electron chi connectivity index (χ4n) is 2.89. The number of fused-ring (bicyclic) bond motifs is 1. The van der Waals surface area contributed by atoms with Gasteiger partial charge in [0.05, 0.1) is 24.6 Å². The Bertz CT molecular complexity index is 1160. The van der Waals surface area contributed by atoms with Crippen molar-refractivity contribution < 1.29 is 22.3 Å². The lowest BCUT2D eigenvalue weighted by Crippen LogP contribution is -2.06. The lowest BCUT2D eigenvalue weighted by Gasteiger charge is -2.09. The number of hydrogen-bond acceptors (Lipinski definition) is 6. The number of halogens is 3. The first-order chi connectivity index (χ1) is 13.3. The van der Waals surface area contributed by atoms with Crippen molar-refractivity contribution in [3.8, 4) is 23.1 Å². The number of hydrogen-bond donors (Lipinski definition) is 0. The van der Waals surface area contributed by atoms with Crippen LogP contribution in [-0.4, -0.2) is 31.6 Å². The van der Waals surface area contributed by atoms with Gasteiger partial charge in [0.2, 0.25) is 5.88 Å². The molecule has 0 aromatic carbocycles. The second-order valence-electron chi connectivity index (χ2n) is 6.03. The average molecular weight is 389 g/mol. The molecule has 0 saturated heterocycles. The molecule has 4 rings (SSSR count). The van der Waals surface area contributed by atoms with Crippen molar-refractivity contribution in [2.45, 2.75) is 20.0 Å². The van der Waals surface area contributed by atoms with Crippen molar-refractivity contribution >= 4 is 11.2 Å². The number of ether oxygens (including phenoxy) is 1. The molecule has 0 aliphatic heterocycles. The van der Waals surface area contributed by atoms with E-state index in [9.17, 15) is 13.2 Å². The molecule has 144 valence electrons. The van der Waals surface area contributed by atoms with Gasteiger partial charge in [-0.25, -0.2) is 19.9 Å². The van der Waals surface area contributed by atoms with Crippen molar-refractivity contribution in [3.05, 3.63) is 47.8 Å². The van der Waals surface area contributed by atoms with Gasteiger partial charge >= 0.3 is 6.18 Å². The van der Waals surface area contributed by atoms with E-state index in [1.54, 1.807) is 30.5 Å². The first-order valence-corrected chi connectivity index (χ1v) is 8.18. The van der Waals surface area contributed by atoms with Crippen LogP contribution in [-0.2, 0) is 6.18 Å². The summed E-state index contributed by atoms with van der Waals surface area (Å²) in [7, 11) is 1.49. The monoisotopic (exact) mass is 389 g/mol. The zero-order chi connectivity index (χ0) is 20.1. The van der Waals surface area contributed by atoms with Crippen LogP contribution < -0.4 is 4.74 Å². The molecule has 0 bridgehead atoms. The molecule has 0 aliphatic carbocycles. The van der Waals surface area contributed by atoms with Crippen LogP contribution in [0.3, 0.4) is 0 Å². The second kappa shape index (κ2) is 6.32. The molecule has 0 saturated carbocycles. The Morgan fingerprint density at radius 2 is 1.86 bits per heavy atom. The topological polar surface area (TPSA) is 78.9 Å². The van der Waals surface area contributed by atoms with Crippen LogP contribution in [0, 0.1) is 13.8 Å². The van der Waals surface area contributed by atoms with Gasteiger partial charge in [0.25, 0.3) is 0 Å². The van der Waals surface area contributed by atoms with Crippen LogP contribution in [0.5, 0.6) is 5.88 Å². The molecule has 10 heteroatoms. The van der Waals surface area contributed by atoms with Gasteiger partial charge in [-0.05, 0) is 19.1 Å². The average Bonchev–Trinajstić information content (AvgIpc) is 3.19. The van der Waals surface area contributed by atoms with E-state index in [1.807, 2.05) is 0 Å². The lowest BCUT2D eigenvalue weighted by atomic mass is 10.2. The fraction of sp³-hybridized carbons (Fsp3) is 0.222. The normalized spacial score (nSPS) is 11.9. The predicted octanol–water partition coefficient (Wildman–Crippen LogP) is 4.11.